The molecule has 3 rings (SSSR count). The molecule has 0 bridgehead atoms. The van der Waals surface area contributed by atoms with Crippen molar-refractivity contribution in [3.63, 3.8) is 0 Å². The summed E-state index contributed by atoms with van der Waals surface area (Å²) in [6, 6.07) is 5.34. The quantitative estimate of drug-likeness (QED) is 0.860. The number of carbonyl (C=O) groups is 2. The van der Waals surface area contributed by atoms with E-state index >= 15 is 0 Å². The highest BCUT2D eigenvalue weighted by molar-refractivity contribution is 5.98. The Morgan fingerprint density at radius 2 is 2.00 bits per heavy atom. The van der Waals surface area contributed by atoms with Gasteiger partial charge >= 0.3 is 6.03 Å². The number of hydrogen-bond acceptors (Lipinski definition) is 5. The van der Waals surface area contributed by atoms with Gasteiger partial charge in [-0.25, -0.2) is 9.78 Å². The zero-order chi connectivity index (χ0) is 15.5. The maximum absolute atomic E-state index is 12.4. The maximum atomic E-state index is 12.4. The van der Waals surface area contributed by atoms with Crippen LogP contribution in [0, 0.1) is 0 Å². The third-order valence-corrected chi connectivity index (χ3v) is 4.32. The minimum absolute atomic E-state index is 0.110. The number of nitrogens with one attached hydrogen (secondary N) is 1. The number of pyridine rings is 1. The lowest BCUT2D eigenvalue weighted by molar-refractivity contribution is -0.132. The van der Waals surface area contributed by atoms with Gasteiger partial charge in [-0.15, -0.1) is 0 Å². The fourth-order valence-electron chi connectivity index (χ4n) is 2.94. The van der Waals surface area contributed by atoms with Crippen LogP contribution in [0.3, 0.4) is 0 Å². The van der Waals surface area contributed by atoms with Crippen molar-refractivity contribution in [1.82, 2.24) is 20.1 Å². The zero-order valence-corrected chi connectivity index (χ0v) is 12.7. The first-order valence-electron chi connectivity index (χ1n) is 7.66. The third-order valence-electron chi connectivity index (χ3n) is 4.32. The number of anilines is 1. The normalized spacial score (nSPS) is 20.9. The molecule has 3 amide bonds. The number of hydrogen-bond donors (Lipinski definition) is 1. The molecule has 2 saturated heterocycles. The van der Waals surface area contributed by atoms with Crippen molar-refractivity contribution >= 4 is 17.8 Å². The van der Waals surface area contributed by atoms with Gasteiger partial charge < -0.3 is 10.2 Å². The average molecular weight is 303 g/mol. The van der Waals surface area contributed by atoms with Crippen LogP contribution in [-0.2, 0) is 4.79 Å². The fraction of sp³-hybridized carbons (Fsp3) is 0.533. The van der Waals surface area contributed by atoms with Crippen LogP contribution >= 0.6 is 0 Å². The van der Waals surface area contributed by atoms with Crippen molar-refractivity contribution in [2.24, 2.45) is 0 Å². The number of piperazine rings is 1. The van der Waals surface area contributed by atoms with E-state index in [0.717, 1.165) is 32.0 Å². The molecular weight excluding hydrogens is 282 g/mol. The second kappa shape index (κ2) is 6.31. The summed E-state index contributed by atoms with van der Waals surface area (Å²) in [7, 11) is 0. The van der Waals surface area contributed by atoms with Crippen molar-refractivity contribution in [1.29, 1.82) is 0 Å². The fourth-order valence-corrected chi connectivity index (χ4v) is 2.94. The van der Waals surface area contributed by atoms with E-state index in [0.29, 0.717) is 13.1 Å². The molecule has 0 saturated carbocycles. The van der Waals surface area contributed by atoms with Crippen LogP contribution in [0.2, 0.25) is 0 Å². The number of rotatable bonds is 3. The highest BCUT2D eigenvalue weighted by atomic mass is 16.2. The van der Waals surface area contributed by atoms with Crippen LogP contribution in [0.1, 0.15) is 6.92 Å². The van der Waals surface area contributed by atoms with Crippen LogP contribution in [0.15, 0.2) is 24.4 Å². The van der Waals surface area contributed by atoms with E-state index in [-0.39, 0.29) is 18.0 Å². The molecule has 7 heteroatoms. The van der Waals surface area contributed by atoms with E-state index in [4.69, 9.17) is 0 Å². The lowest BCUT2D eigenvalue weighted by Crippen LogP contribution is -2.55. The molecule has 118 valence electrons. The van der Waals surface area contributed by atoms with Crippen LogP contribution in [0.25, 0.3) is 0 Å². The van der Waals surface area contributed by atoms with Gasteiger partial charge in [-0.1, -0.05) is 6.07 Å². The van der Waals surface area contributed by atoms with E-state index in [1.807, 2.05) is 25.1 Å². The van der Waals surface area contributed by atoms with E-state index < -0.39 is 0 Å². The van der Waals surface area contributed by atoms with Crippen LogP contribution in [0.4, 0.5) is 10.6 Å². The van der Waals surface area contributed by atoms with Crippen molar-refractivity contribution in [3.05, 3.63) is 24.4 Å². The molecule has 2 fully saturated rings. The number of carbonyl (C=O) groups excluding carboxylic acids is 2. The Balaban J connectivity index is 1.57. The molecular formula is C15H21N5O2. The molecule has 0 aromatic carbocycles. The largest absolute Gasteiger partial charge is 0.354 e. The zero-order valence-electron chi connectivity index (χ0n) is 12.7. The summed E-state index contributed by atoms with van der Waals surface area (Å²) < 4.78 is 0. The van der Waals surface area contributed by atoms with Gasteiger partial charge in [0.15, 0.2) is 0 Å². The van der Waals surface area contributed by atoms with Crippen molar-refractivity contribution < 1.29 is 9.59 Å². The molecule has 1 N–H and O–H groups in total. The van der Waals surface area contributed by atoms with Gasteiger partial charge in [-0.2, -0.15) is 0 Å². The monoisotopic (exact) mass is 303 g/mol. The first-order valence-corrected chi connectivity index (χ1v) is 7.66. The summed E-state index contributed by atoms with van der Waals surface area (Å²) in [4.78, 5) is 34.0. The van der Waals surface area contributed by atoms with Crippen LogP contribution < -0.4 is 10.2 Å². The molecule has 0 unspecified atom stereocenters. The third kappa shape index (κ3) is 2.89. The lowest BCUT2D eigenvalue weighted by Gasteiger charge is -2.38. The minimum Gasteiger partial charge on any atom is -0.354 e. The predicted octanol–water partition coefficient (Wildman–Crippen LogP) is 0.144. The first-order chi connectivity index (χ1) is 10.7. The number of nitrogens with zero attached hydrogens (tertiary/aromatic N) is 4. The molecule has 2 aliphatic heterocycles. The van der Waals surface area contributed by atoms with E-state index in [9.17, 15) is 9.59 Å². The van der Waals surface area contributed by atoms with E-state index in [1.165, 1.54) is 4.90 Å². The molecule has 22 heavy (non-hydrogen) atoms. The first kappa shape index (κ1) is 14.8. The van der Waals surface area contributed by atoms with Crippen molar-refractivity contribution in [3.8, 4) is 0 Å². The van der Waals surface area contributed by atoms with Gasteiger partial charge in [-0.05, 0) is 19.1 Å². The van der Waals surface area contributed by atoms with Gasteiger partial charge in [0.2, 0.25) is 5.91 Å². The Labute approximate surface area is 129 Å². The summed E-state index contributed by atoms with van der Waals surface area (Å²) in [5.41, 5.74) is 0. The van der Waals surface area contributed by atoms with Gasteiger partial charge in [0.1, 0.15) is 5.82 Å². The second-order valence-corrected chi connectivity index (χ2v) is 5.61. The molecule has 1 aromatic heterocycles. The SMILES string of the molecule is C[C@H](C(=O)N1CCNC1=O)N1CCN(c2ccccn2)CC1. The van der Waals surface area contributed by atoms with Crippen LogP contribution in [0.5, 0.6) is 0 Å². The number of imide groups is 1. The molecule has 7 nitrogen and oxygen atoms in total. The smallest absolute Gasteiger partial charge is 0.324 e. The summed E-state index contributed by atoms with van der Waals surface area (Å²) in [6.45, 7) is 6.14. The van der Waals surface area contributed by atoms with E-state index in [1.54, 1.807) is 6.20 Å². The highest BCUT2D eigenvalue weighted by Gasteiger charge is 2.33. The standard InChI is InChI=1S/C15H21N5O2/c1-12(14(21)20-7-6-17-15(20)22)18-8-10-19(11-9-18)13-4-2-3-5-16-13/h2-5,12H,6-11H2,1H3,(H,17,22)/t12-/m1/s1. The molecule has 2 aliphatic rings. The van der Waals surface area contributed by atoms with Crippen LogP contribution in [-0.4, -0.2) is 72.0 Å². The molecule has 3 heterocycles. The lowest BCUT2D eigenvalue weighted by atomic mass is 10.2. The molecule has 0 spiro atoms. The molecule has 0 radical (unpaired) electrons. The summed E-state index contributed by atoms with van der Waals surface area (Å²) in [5.74, 6) is 0.862. The average Bonchev–Trinajstić information content (AvgIpc) is 3.00. The van der Waals surface area contributed by atoms with Gasteiger partial charge in [0.05, 0.1) is 6.04 Å². The number of urea groups is 1. The number of aromatic nitrogens is 1. The highest BCUT2D eigenvalue weighted by Crippen LogP contribution is 2.15. The number of amides is 3. The summed E-state index contributed by atoms with van der Waals surface area (Å²) >= 11 is 0. The Bertz CT molecular complexity index is 542. The minimum atomic E-state index is -0.274. The molecule has 1 atom stereocenters. The van der Waals surface area contributed by atoms with Gasteiger partial charge in [0.25, 0.3) is 0 Å². The maximum Gasteiger partial charge on any atom is 0.324 e. The molecule has 1 aromatic rings. The Hall–Kier alpha value is -2.15. The Morgan fingerprint density at radius 1 is 1.23 bits per heavy atom. The summed E-state index contributed by atoms with van der Waals surface area (Å²) in [6.07, 6.45) is 1.79. The summed E-state index contributed by atoms with van der Waals surface area (Å²) in [5, 5.41) is 2.67. The second-order valence-electron chi connectivity index (χ2n) is 5.61. The Kier molecular flexibility index (Phi) is 4.24. The predicted molar refractivity (Wildman–Crippen MR) is 82.6 cm³/mol. The van der Waals surface area contributed by atoms with Crippen molar-refractivity contribution in [2.75, 3.05) is 44.2 Å². The van der Waals surface area contributed by atoms with Gasteiger partial charge in [-0.3, -0.25) is 14.6 Å². The van der Waals surface area contributed by atoms with Crippen molar-refractivity contribution in [2.45, 2.75) is 13.0 Å². The van der Waals surface area contributed by atoms with E-state index in [2.05, 4.69) is 20.1 Å². The topological polar surface area (TPSA) is 68.8 Å². The van der Waals surface area contributed by atoms with Gasteiger partial charge in [0, 0.05) is 45.5 Å². The Morgan fingerprint density at radius 3 is 2.59 bits per heavy atom. The molecule has 0 aliphatic carbocycles.